The van der Waals surface area contributed by atoms with E-state index in [2.05, 4.69) is 38.1 Å². The summed E-state index contributed by atoms with van der Waals surface area (Å²) in [4.78, 5) is 0. The van der Waals surface area contributed by atoms with Gasteiger partial charge in [0.05, 0.1) is 0 Å². The average Bonchev–Trinajstić information content (AvgIpc) is 2.30. The summed E-state index contributed by atoms with van der Waals surface area (Å²) in [5.74, 6) is 0.848. The highest BCUT2D eigenvalue weighted by molar-refractivity contribution is 5.65. The Morgan fingerprint density at radius 1 is 0.875 bits per heavy atom. The summed E-state index contributed by atoms with van der Waals surface area (Å²) in [6, 6.07) is 15.8. The minimum Gasteiger partial charge on any atom is -0.508 e. The molecule has 0 bridgehead atoms. The van der Waals surface area contributed by atoms with Gasteiger partial charge in [0.1, 0.15) is 5.75 Å². The topological polar surface area (TPSA) is 20.2 Å². The lowest BCUT2D eigenvalue weighted by Gasteiger charge is -2.08. The largest absolute Gasteiger partial charge is 0.508 e. The Morgan fingerprint density at radius 2 is 1.56 bits per heavy atom. The van der Waals surface area contributed by atoms with Gasteiger partial charge in [0.2, 0.25) is 0 Å². The summed E-state index contributed by atoms with van der Waals surface area (Å²) in [5.41, 5.74) is 3.68. The molecule has 0 aliphatic carbocycles. The van der Waals surface area contributed by atoms with Crippen molar-refractivity contribution in [2.75, 3.05) is 0 Å². The molecule has 1 heteroatoms. The fraction of sp³-hybridized carbons (Fsp3) is 0.200. The molecule has 0 aromatic heterocycles. The van der Waals surface area contributed by atoms with Crippen LogP contribution in [0.4, 0.5) is 0 Å². The fourth-order valence-corrected chi connectivity index (χ4v) is 1.73. The lowest BCUT2D eigenvalue weighted by Crippen LogP contribution is -1.87. The van der Waals surface area contributed by atoms with E-state index >= 15 is 0 Å². The fourth-order valence-electron chi connectivity index (χ4n) is 1.73. The van der Waals surface area contributed by atoms with Gasteiger partial charge in [-0.05, 0) is 34.7 Å². The Bertz CT molecular complexity index is 469. The smallest absolute Gasteiger partial charge is 0.115 e. The lowest BCUT2D eigenvalue weighted by atomic mass is 9.97. The van der Waals surface area contributed by atoms with Crippen LogP contribution in [0.5, 0.6) is 5.75 Å². The van der Waals surface area contributed by atoms with Crippen LogP contribution < -0.4 is 0 Å². The minimum atomic E-state index is 0.309. The average molecular weight is 212 g/mol. The summed E-state index contributed by atoms with van der Waals surface area (Å²) in [7, 11) is 0. The van der Waals surface area contributed by atoms with E-state index in [1.807, 2.05) is 12.1 Å². The Balaban J connectivity index is 2.40. The summed E-state index contributed by atoms with van der Waals surface area (Å²) in [6.07, 6.45) is 0. The number of phenolic OH excluding ortho intramolecular Hbond substituents is 1. The van der Waals surface area contributed by atoms with Crippen molar-refractivity contribution in [1.29, 1.82) is 0 Å². The van der Waals surface area contributed by atoms with Gasteiger partial charge in [-0.1, -0.05) is 50.2 Å². The van der Waals surface area contributed by atoms with Gasteiger partial charge in [0.25, 0.3) is 0 Å². The van der Waals surface area contributed by atoms with Gasteiger partial charge in [-0.2, -0.15) is 0 Å². The number of hydrogen-bond donors (Lipinski definition) is 1. The van der Waals surface area contributed by atoms with Crippen LogP contribution in [0.15, 0.2) is 48.5 Å². The Labute approximate surface area is 96.4 Å². The minimum absolute atomic E-state index is 0.309. The molecule has 0 amide bonds. The van der Waals surface area contributed by atoms with Crippen molar-refractivity contribution < 1.29 is 5.11 Å². The maximum Gasteiger partial charge on any atom is 0.115 e. The Kier molecular flexibility index (Phi) is 2.95. The van der Waals surface area contributed by atoms with E-state index in [0.29, 0.717) is 11.7 Å². The zero-order valence-corrected chi connectivity index (χ0v) is 9.64. The number of phenols is 1. The molecule has 0 radical (unpaired) electrons. The first-order valence-corrected chi connectivity index (χ1v) is 5.56. The van der Waals surface area contributed by atoms with Crippen molar-refractivity contribution in [3.63, 3.8) is 0 Å². The second-order valence-corrected chi connectivity index (χ2v) is 4.33. The zero-order chi connectivity index (χ0) is 11.5. The van der Waals surface area contributed by atoms with Crippen LogP contribution in [0.25, 0.3) is 11.1 Å². The molecule has 0 aliphatic heterocycles. The molecule has 0 unspecified atom stereocenters. The molecule has 0 heterocycles. The molecule has 0 spiro atoms. The Morgan fingerprint density at radius 3 is 2.19 bits per heavy atom. The third kappa shape index (κ3) is 2.25. The maximum atomic E-state index is 9.25. The first-order chi connectivity index (χ1) is 7.66. The molecular formula is C15H16O. The molecule has 1 nitrogen and oxygen atoms in total. The standard InChI is InChI=1S/C15H16O/c1-11(2)13-4-3-5-14(10-13)12-6-8-15(16)9-7-12/h3-11,16H,1-2H3. The van der Waals surface area contributed by atoms with E-state index in [1.165, 1.54) is 11.1 Å². The summed E-state index contributed by atoms with van der Waals surface area (Å²) in [6.45, 7) is 4.38. The van der Waals surface area contributed by atoms with Crippen LogP contribution in [-0.4, -0.2) is 5.11 Å². The number of aromatic hydroxyl groups is 1. The number of hydrogen-bond acceptors (Lipinski definition) is 1. The highest BCUT2D eigenvalue weighted by Crippen LogP contribution is 2.25. The predicted molar refractivity (Wildman–Crippen MR) is 67.6 cm³/mol. The third-order valence-electron chi connectivity index (χ3n) is 2.75. The molecule has 2 aromatic rings. The monoisotopic (exact) mass is 212 g/mol. The maximum absolute atomic E-state index is 9.25. The molecule has 2 rings (SSSR count). The van der Waals surface area contributed by atoms with Crippen LogP contribution in [0, 0.1) is 0 Å². The van der Waals surface area contributed by atoms with E-state index in [9.17, 15) is 5.11 Å². The zero-order valence-electron chi connectivity index (χ0n) is 9.64. The van der Waals surface area contributed by atoms with Crippen LogP contribution in [-0.2, 0) is 0 Å². The SMILES string of the molecule is CC(C)c1cccc(-c2ccc(O)cc2)c1. The van der Waals surface area contributed by atoms with Gasteiger partial charge in [-0.3, -0.25) is 0 Å². The highest BCUT2D eigenvalue weighted by atomic mass is 16.3. The molecule has 82 valence electrons. The van der Waals surface area contributed by atoms with Crippen molar-refractivity contribution >= 4 is 0 Å². The molecule has 0 fully saturated rings. The van der Waals surface area contributed by atoms with Crippen molar-refractivity contribution in [2.45, 2.75) is 19.8 Å². The van der Waals surface area contributed by atoms with Gasteiger partial charge < -0.3 is 5.11 Å². The first kappa shape index (κ1) is 10.7. The van der Waals surface area contributed by atoms with E-state index in [0.717, 1.165) is 5.56 Å². The quantitative estimate of drug-likeness (QED) is 0.791. The van der Waals surface area contributed by atoms with E-state index in [-0.39, 0.29) is 0 Å². The van der Waals surface area contributed by atoms with Crippen LogP contribution in [0.1, 0.15) is 25.3 Å². The number of rotatable bonds is 2. The van der Waals surface area contributed by atoms with E-state index in [4.69, 9.17) is 0 Å². The van der Waals surface area contributed by atoms with E-state index in [1.54, 1.807) is 12.1 Å². The van der Waals surface area contributed by atoms with Crippen LogP contribution in [0.2, 0.25) is 0 Å². The summed E-state index contributed by atoms with van der Waals surface area (Å²) in [5, 5.41) is 9.25. The molecule has 0 aliphatic rings. The van der Waals surface area contributed by atoms with Crippen molar-refractivity contribution in [3.05, 3.63) is 54.1 Å². The lowest BCUT2D eigenvalue weighted by molar-refractivity contribution is 0.475. The summed E-state index contributed by atoms with van der Waals surface area (Å²) < 4.78 is 0. The van der Waals surface area contributed by atoms with Crippen molar-refractivity contribution in [1.82, 2.24) is 0 Å². The first-order valence-electron chi connectivity index (χ1n) is 5.56. The van der Waals surface area contributed by atoms with Crippen molar-refractivity contribution in [3.8, 4) is 16.9 Å². The van der Waals surface area contributed by atoms with Gasteiger partial charge >= 0.3 is 0 Å². The van der Waals surface area contributed by atoms with Crippen LogP contribution >= 0.6 is 0 Å². The number of benzene rings is 2. The summed E-state index contributed by atoms with van der Waals surface area (Å²) >= 11 is 0. The predicted octanol–water partition coefficient (Wildman–Crippen LogP) is 4.18. The molecule has 16 heavy (non-hydrogen) atoms. The van der Waals surface area contributed by atoms with Gasteiger partial charge in [-0.15, -0.1) is 0 Å². The Hall–Kier alpha value is -1.76. The van der Waals surface area contributed by atoms with Gasteiger partial charge in [-0.25, -0.2) is 0 Å². The van der Waals surface area contributed by atoms with E-state index < -0.39 is 0 Å². The molecular weight excluding hydrogens is 196 g/mol. The van der Waals surface area contributed by atoms with Gasteiger partial charge in [0.15, 0.2) is 0 Å². The second-order valence-electron chi connectivity index (χ2n) is 4.33. The second kappa shape index (κ2) is 4.40. The molecule has 0 saturated heterocycles. The highest BCUT2D eigenvalue weighted by Gasteiger charge is 2.02. The molecule has 1 N–H and O–H groups in total. The normalized spacial score (nSPS) is 10.7. The third-order valence-corrected chi connectivity index (χ3v) is 2.75. The van der Waals surface area contributed by atoms with Crippen molar-refractivity contribution in [2.24, 2.45) is 0 Å². The molecule has 0 atom stereocenters. The molecule has 2 aromatic carbocycles. The molecule has 0 saturated carbocycles. The van der Waals surface area contributed by atoms with Gasteiger partial charge in [0, 0.05) is 0 Å². The van der Waals surface area contributed by atoms with Crippen LogP contribution in [0.3, 0.4) is 0 Å².